The maximum absolute atomic E-state index is 13.0. The quantitative estimate of drug-likeness (QED) is 0.887. The van der Waals surface area contributed by atoms with Gasteiger partial charge in [-0.2, -0.15) is 0 Å². The van der Waals surface area contributed by atoms with E-state index in [0.29, 0.717) is 0 Å². The first-order valence-electron chi connectivity index (χ1n) is 9.68. The minimum atomic E-state index is -0.181. The van der Waals surface area contributed by atoms with Crippen molar-refractivity contribution >= 4 is 5.91 Å². The van der Waals surface area contributed by atoms with Crippen molar-refractivity contribution in [2.24, 2.45) is 5.92 Å². The number of hydrogen-bond donors (Lipinski definition) is 1. The lowest BCUT2D eigenvalue weighted by molar-refractivity contribution is -0.131. The van der Waals surface area contributed by atoms with Crippen LogP contribution >= 0.6 is 0 Å². The van der Waals surface area contributed by atoms with E-state index in [2.05, 4.69) is 15.1 Å². The summed E-state index contributed by atoms with van der Waals surface area (Å²) in [5.74, 6) is 0.825. The maximum atomic E-state index is 13.0. The van der Waals surface area contributed by atoms with Crippen LogP contribution in [0, 0.1) is 11.7 Å². The average Bonchev–Trinajstić information content (AvgIpc) is 3.09. The zero-order chi connectivity index (χ0) is 17.2. The fourth-order valence-corrected chi connectivity index (χ4v) is 4.63. The number of benzene rings is 1. The molecule has 0 radical (unpaired) electrons. The Balaban J connectivity index is 1.22. The lowest BCUT2D eigenvalue weighted by Crippen LogP contribution is -2.56. The van der Waals surface area contributed by atoms with Gasteiger partial charge in [0.1, 0.15) is 5.82 Å². The van der Waals surface area contributed by atoms with Crippen LogP contribution in [0.3, 0.4) is 0 Å². The largest absolute Gasteiger partial charge is 0.351 e. The van der Waals surface area contributed by atoms with Crippen LogP contribution in [0.2, 0.25) is 0 Å². The van der Waals surface area contributed by atoms with Crippen LogP contribution in [-0.2, 0) is 11.2 Å². The summed E-state index contributed by atoms with van der Waals surface area (Å²) in [5, 5.41) is 3.30. The maximum Gasteiger partial charge on any atom is 0.237 e. The molecule has 0 aromatic heterocycles. The van der Waals surface area contributed by atoms with Crippen molar-refractivity contribution < 1.29 is 9.18 Å². The molecule has 0 spiro atoms. The summed E-state index contributed by atoms with van der Waals surface area (Å²) in [5.41, 5.74) is 1.17. The summed E-state index contributed by atoms with van der Waals surface area (Å²) < 4.78 is 13.0. The van der Waals surface area contributed by atoms with Gasteiger partial charge in [0, 0.05) is 25.7 Å². The van der Waals surface area contributed by atoms with E-state index in [4.69, 9.17) is 0 Å². The van der Waals surface area contributed by atoms with Gasteiger partial charge in [-0.05, 0) is 68.8 Å². The molecule has 1 amide bonds. The molecule has 4 aliphatic heterocycles. The first kappa shape index (κ1) is 17.0. The molecule has 5 rings (SSSR count). The number of hydrogen-bond acceptors (Lipinski definition) is 3. The van der Waals surface area contributed by atoms with Gasteiger partial charge < -0.3 is 10.2 Å². The molecule has 1 aromatic rings. The van der Waals surface area contributed by atoms with Crippen molar-refractivity contribution in [1.29, 1.82) is 0 Å². The zero-order valence-corrected chi connectivity index (χ0v) is 14.8. The average molecular weight is 345 g/mol. The van der Waals surface area contributed by atoms with Gasteiger partial charge in [0.15, 0.2) is 0 Å². The molecular weight excluding hydrogens is 317 g/mol. The Bertz CT molecular complexity index is 597. The van der Waals surface area contributed by atoms with Crippen molar-refractivity contribution in [1.82, 2.24) is 15.1 Å². The highest BCUT2D eigenvalue weighted by molar-refractivity contribution is 5.82. The van der Waals surface area contributed by atoms with Gasteiger partial charge in [0.25, 0.3) is 0 Å². The number of amides is 1. The van der Waals surface area contributed by atoms with E-state index < -0.39 is 0 Å². The van der Waals surface area contributed by atoms with Crippen molar-refractivity contribution in [3.8, 4) is 0 Å². The zero-order valence-electron chi connectivity index (χ0n) is 14.8. The number of carbonyl (C=O) groups excluding carboxylic acids is 1. The van der Waals surface area contributed by atoms with Crippen LogP contribution in [0.25, 0.3) is 0 Å². The van der Waals surface area contributed by atoms with Crippen LogP contribution in [0.4, 0.5) is 4.39 Å². The number of piperidine rings is 3. The number of carbonyl (C=O) groups is 1. The molecule has 2 bridgehead atoms. The van der Waals surface area contributed by atoms with Crippen LogP contribution in [-0.4, -0.2) is 60.5 Å². The second-order valence-corrected chi connectivity index (χ2v) is 7.90. The Morgan fingerprint density at radius 1 is 1.12 bits per heavy atom. The van der Waals surface area contributed by atoms with E-state index >= 15 is 0 Å². The molecule has 1 aromatic carbocycles. The molecule has 0 saturated carbocycles. The normalized spacial score (nSPS) is 32.0. The van der Waals surface area contributed by atoms with Crippen LogP contribution in [0.1, 0.15) is 31.2 Å². The van der Waals surface area contributed by atoms with Gasteiger partial charge in [-0.3, -0.25) is 9.69 Å². The third kappa shape index (κ3) is 4.04. The van der Waals surface area contributed by atoms with Gasteiger partial charge in [-0.1, -0.05) is 12.1 Å². The van der Waals surface area contributed by atoms with E-state index in [0.717, 1.165) is 57.9 Å². The van der Waals surface area contributed by atoms with E-state index in [1.807, 2.05) is 12.1 Å². The molecule has 25 heavy (non-hydrogen) atoms. The number of halogens is 1. The number of nitrogens with one attached hydrogen (secondary N) is 1. The first-order chi connectivity index (χ1) is 12.2. The van der Waals surface area contributed by atoms with E-state index in [9.17, 15) is 9.18 Å². The van der Waals surface area contributed by atoms with Crippen molar-refractivity contribution in [2.45, 2.75) is 44.2 Å². The SMILES string of the molecule is O=C(N[C@H]1CCN(CCc2ccc(F)cc2)C1)C1CC2CCN1CC2. The fourth-order valence-electron chi connectivity index (χ4n) is 4.63. The van der Waals surface area contributed by atoms with Crippen molar-refractivity contribution in [3.05, 3.63) is 35.6 Å². The monoisotopic (exact) mass is 345 g/mol. The molecule has 4 heterocycles. The van der Waals surface area contributed by atoms with Crippen molar-refractivity contribution in [2.75, 3.05) is 32.7 Å². The summed E-state index contributed by atoms with van der Waals surface area (Å²) >= 11 is 0. The van der Waals surface area contributed by atoms with E-state index in [-0.39, 0.29) is 23.8 Å². The second-order valence-electron chi connectivity index (χ2n) is 7.90. The predicted molar refractivity (Wildman–Crippen MR) is 95.8 cm³/mol. The molecule has 2 atom stereocenters. The lowest BCUT2D eigenvalue weighted by atomic mass is 9.83. The van der Waals surface area contributed by atoms with Gasteiger partial charge in [0.05, 0.1) is 6.04 Å². The van der Waals surface area contributed by atoms with Gasteiger partial charge in [0.2, 0.25) is 5.91 Å². The molecule has 0 aliphatic carbocycles. The summed E-state index contributed by atoms with van der Waals surface area (Å²) in [6.07, 6.45) is 5.55. The van der Waals surface area contributed by atoms with Gasteiger partial charge in [-0.25, -0.2) is 4.39 Å². The number of nitrogens with zero attached hydrogens (tertiary/aromatic N) is 2. The molecule has 4 fully saturated rings. The fraction of sp³-hybridized carbons (Fsp3) is 0.650. The van der Waals surface area contributed by atoms with Gasteiger partial charge >= 0.3 is 0 Å². The first-order valence-corrected chi connectivity index (χ1v) is 9.68. The minimum Gasteiger partial charge on any atom is -0.351 e. The standard InChI is InChI=1S/C20H28FN3O/c21-17-3-1-15(2-4-17)5-9-23-10-8-18(14-23)22-20(25)19-13-16-6-11-24(19)12-7-16/h1-4,16,18-19H,5-14H2,(H,22,25)/t18-,19?/m0/s1. The topological polar surface area (TPSA) is 35.6 Å². The van der Waals surface area contributed by atoms with Gasteiger partial charge in [-0.15, -0.1) is 0 Å². The Morgan fingerprint density at radius 3 is 2.56 bits per heavy atom. The van der Waals surface area contributed by atoms with Crippen LogP contribution < -0.4 is 5.32 Å². The Kier molecular flexibility index (Phi) is 5.04. The summed E-state index contributed by atoms with van der Waals surface area (Å²) in [7, 11) is 0. The van der Waals surface area contributed by atoms with Crippen LogP contribution in [0.15, 0.2) is 24.3 Å². The molecule has 4 aliphatic rings. The number of fused-ring (bicyclic) bond motifs is 3. The molecule has 4 saturated heterocycles. The highest BCUT2D eigenvalue weighted by Gasteiger charge is 2.38. The van der Waals surface area contributed by atoms with E-state index in [1.54, 1.807) is 0 Å². The molecule has 1 unspecified atom stereocenters. The predicted octanol–water partition coefficient (Wildman–Crippen LogP) is 2.04. The molecule has 4 nitrogen and oxygen atoms in total. The number of rotatable bonds is 5. The highest BCUT2D eigenvalue weighted by atomic mass is 19.1. The second kappa shape index (κ2) is 7.42. The Morgan fingerprint density at radius 2 is 1.88 bits per heavy atom. The molecule has 1 N–H and O–H groups in total. The molecule has 136 valence electrons. The highest BCUT2D eigenvalue weighted by Crippen LogP contribution is 2.31. The lowest BCUT2D eigenvalue weighted by Gasteiger charge is -2.44. The Labute approximate surface area is 149 Å². The minimum absolute atomic E-state index is 0.112. The summed E-state index contributed by atoms with van der Waals surface area (Å²) in [6.45, 7) is 5.12. The third-order valence-electron chi connectivity index (χ3n) is 6.20. The van der Waals surface area contributed by atoms with E-state index in [1.165, 1.54) is 30.5 Å². The molecular formula is C20H28FN3O. The number of likely N-dealkylation sites (tertiary alicyclic amines) is 1. The smallest absolute Gasteiger partial charge is 0.237 e. The third-order valence-corrected chi connectivity index (χ3v) is 6.20. The Hall–Kier alpha value is -1.46. The summed E-state index contributed by atoms with van der Waals surface area (Å²) in [4.78, 5) is 17.4. The van der Waals surface area contributed by atoms with Crippen LogP contribution in [0.5, 0.6) is 0 Å². The summed E-state index contributed by atoms with van der Waals surface area (Å²) in [6, 6.07) is 7.16. The molecule has 5 heteroatoms. The van der Waals surface area contributed by atoms with Crippen molar-refractivity contribution in [3.63, 3.8) is 0 Å².